The van der Waals surface area contributed by atoms with Gasteiger partial charge in [-0.15, -0.1) is 11.3 Å². The Balaban J connectivity index is 1.12. The highest BCUT2D eigenvalue weighted by atomic mass is 32.1. The fourth-order valence-electron chi connectivity index (χ4n) is 3.88. The van der Waals surface area contributed by atoms with Crippen molar-refractivity contribution in [1.82, 2.24) is 14.9 Å². The molecule has 2 N–H and O–H groups in total. The zero-order valence-corrected chi connectivity index (χ0v) is 19.0. The molecule has 7 nitrogen and oxygen atoms in total. The van der Waals surface area contributed by atoms with Crippen LogP contribution in [-0.4, -0.2) is 52.9 Å². The van der Waals surface area contributed by atoms with Crippen LogP contribution < -0.4 is 10.2 Å². The van der Waals surface area contributed by atoms with Gasteiger partial charge in [0.15, 0.2) is 0 Å². The molecule has 1 fully saturated rings. The van der Waals surface area contributed by atoms with E-state index in [1.807, 2.05) is 29.2 Å². The predicted molar refractivity (Wildman–Crippen MR) is 130 cm³/mol. The number of aromatic amines is 1. The number of nitrogens with one attached hydrogen (secondary N) is 2. The molecule has 3 aromatic heterocycles. The lowest BCUT2D eigenvalue weighted by atomic mass is 10.1. The van der Waals surface area contributed by atoms with Gasteiger partial charge in [-0.25, -0.2) is 4.98 Å². The minimum Gasteiger partial charge on any atom is -0.368 e. The third-order valence-electron chi connectivity index (χ3n) is 5.70. The summed E-state index contributed by atoms with van der Waals surface area (Å²) in [4.78, 5) is 37.4. The van der Waals surface area contributed by atoms with Crippen LogP contribution in [0, 0.1) is 0 Å². The topological polar surface area (TPSA) is 81.3 Å². The molecule has 0 radical (unpaired) electrons. The van der Waals surface area contributed by atoms with E-state index in [4.69, 9.17) is 0 Å². The molecule has 4 aromatic rings. The highest BCUT2D eigenvalue weighted by Crippen LogP contribution is 2.22. The third-order valence-corrected chi connectivity index (χ3v) is 7.19. The number of amides is 2. The molecule has 4 heterocycles. The molecule has 0 unspecified atom stereocenters. The van der Waals surface area contributed by atoms with E-state index in [1.54, 1.807) is 22.9 Å². The quantitative estimate of drug-likeness (QED) is 0.447. The number of carbonyl (C=O) groups excluding carboxylic acids is 2. The molecule has 5 rings (SSSR count). The predicted octanol–water partition coefficient (Wildman–Crippen LogP) is 4.22. The summed E-state index contributed by atoms with van der Waals surface area (Å²) in [6.07, 6.45) is 1.38. The van der Waals surface area contributed by atoms with E-state index in [2.05, 4.69) is 37.0 Å². The Morgan fingerprint density at radius 3 is 2.62 bits per heavy atom. The summed E-state index contributed by atoms with van der Waals surface area (Å²) in [5, 5.41) is 7.08. The Hall–Kier alpha value is -3.17. The Kier molecular flexibility index (Phi) is 5.91. The second-order valence-electron chi connectivity index (χ2n) is 7.75. The van der Waals surface area contributed by atoms with Gasteiger partial charge in [0.25, 0.3) is 5.91 Å². The summed E-state index contributed by atoms with van der Waals surface area (Å²) in [6, 6.07) is 11.7. The standard InChI is InChI=1S/C23H23N5O2S2/c29-21(6-1-16-7-12-31-14-16)28-10-8-27(9-11-28)18-4-2-17(3-5-18)25-22(30)19-13-20-23(26-19)32-15-24-20/h2-5,7,12-15,26H,1,6,8-11H2,(H,25,30). The number of hydrogen-bond acceptors (Lipinski definition) is 6. The monoisotopic (exact) mass is 465 g/mol. The van der Waals surface area contributed by atoms with Gasteiger partial charge in [0.1, 0.15) is 16.0 Å². The molecule has 1 aliphatic rings. The molecule has 9 heteroatoms. The van der Waals surface area contributed by atoms with Gasteiger partial charge < -0.3 is 20.1 Å². The number of anilines is 2. The van der Waals surface area contributed by atoms with E-state index >= 15 is 0 Å². The Morgan fingerprint density at radius 2 is 1.91 bits per heavy atom. The number of carbonyl (C=O) groups is 2. The molecule has 1 aromatic carbocycles. The van der Waals surface area contributed by atoms with Crippen molar-refractivity contribution in [3.8, 4) is 0 Å². The number of fused-ring (bicyclic) bond motifs is 1. The largest absolute Gasteiger partial charge is 0.368 e. The van der Waals surface area contributed by atoms with Gasteiger partial charge in [0.2, 0.25) is 5.91 Å². The first-order chi connectivity index (χ1) is 15.7. The Morgan fingerprint density at radius 1 is 1.09 bits per heavy atom. The van der Waals surface area contributed by atoms with Crippen molar-refractivity contribution in [1.29, 1.82) is 0 Å². The average Bonchev–Trinajstić information content (AvgIpc) is 3.56. The first-order valence-electron chi connectivity index (χ1n) is 10.5. The van der Waals surface area contributed by atoms with Crippen molar-refractivity contribution in [3.05, 3.63) is 63.9 Å². The van der Waals surface area contributed by atoms with Crippen molar-refractivity contribution in [2.45, 2.75) is 12.8 Å². The van der Waals surface area contributed by atoms with Gasteiger partial charge in [0, 0.05) is 44.0 Å². The number of rotatable bonds is 6. The van der Waals surface area contributed by atoms with Crippen LogP contribution in [-0.2, 0) is 11.2 Å². The van der Waals surface area contributed by atoms with Gasteiger partial charge in [0.05, 0.1) is 5.51 Å². The molecule has 1 saturated heterocycles. The molecule has 0 aliphatic carbocycles. The van der Waals surface area contributed by atoms with E-state index in [0.29, 0.717) is 12.1 Å². The Bertz CT molecular complexity index is 1180. The summed E-state index contributed by atoms with van der Waals surface area (Å²) >= 11 is 3.15. The van der Waals surface area contributed by atoms with Crippen molar-refractivity contribution < 1.29 is 9.59 Å². The maximum atomic E-state index is 12.5. The molecular formula is C23H23N5O2S2. The van der Waals surface area contributed by atoms with Crippen LogP contribution in [0.15, 0.2) is 52.7 Å². The fraction of sp³-hybridized carbons (Fsp3) is 0.261. The second-order valence-corrected chi connectivity index (χ2v) is 9.38. The van der Waals surface area contributed by atoms with Crippen molar-refractivity contribution >= 4 is 56.2 Å². The number of thiazole rings is 1. The number of benzene rings is 1. The molecule has 0 saturated carbocycles. The zero-order chi connectivity index (χ0) is 21.9. The van der Waals surface area contributed by atoms with Crippen LogP contribution in [0.2, 0.25) is 0 Å². The van der Waals surface area contributed by atoms with Crippen LogP contribution >= 0.6 is 22.7 Å². The lowest BCUT2D eigenvalue weighted by molar-refractivity contribution is -0.131. The molecule has 164 valence electrons. The minimum atomic E-state index is -0.183. The summed E-state index contributed by atoms with van der Waals surface area (Å²) in [5.41, 5.74) is 6.14. The van der Waals surface area contributed by atoms with E-state index in [-0.39, 0.29) is 11.8 Å². The molecule has 2 amide bonds. The summed E-state index contributed by atoms with van der Waals surface area (Å²) in [6.45, 7) is 3.09. The van der Waals surface area contributed by atoms with Crippen LogP contribution in [0.4, 0.5) is 11.4 Å². The number of hydrogen-bond donors (Lipinski definition) is 2. The van der Waals surface area contributed by atoms with Gasteiger partial charge in [-0.1, -0.05) is 0 Å². The lowest BCUT2D eigenvalue weighted by Gasteiger charge is -2.36. The first-order valence-corrected chi connectivity index (χ1v) is 12.4. The van der Waals surface area contributed by atoms with Gasteiger partial charge in [-0.3, -0.25) is 9.59 Å². The van der Waals surface area contributed by atoms with E-state index in [9.17, 15) is 9.59 Å². The summed E-state index contributed by atoms with van der Waals surface area (Å²) in [7, 11) is 0. The molecule has 0 atom stereocenters. The maximum absolute atomic E-state index is 12.5. The van der Waals surface area contributed by atoms with Crippen molar-refractivity contribution in [3.63, 3.8) is 0 Å². The third kappa shape index (κ3) is 4.53. The van der Waals surface area contributed by atoms with Crippen molar-refractivity contribution in [2.24, 2.45) is 0 Å². The van der Waals surface area contributed by atoms with E-state index < -0.39 is 0 Å². The average molecular weight is 466 g/mol. The van der Waals surface area contributed by atoms with Gasteiger partial charge >= 0.3 is 0 Å². The smallest absolute Gasteiger partial charge is 0.272 e. The molecular weight excluding hydrogens is 442 g/mol. The number of nitrogens with zero attached hydrogens (tertiary/aromatic N) is 3. The zero-order valence-electron chi connectivity index (χ0n) is 17.4. The Labute approximate surface area is 193 Å². The molecule has 1 aliphatic heterocycles. The van der Waals surface area contributed by atoms with Crippen LogP contribution in [0.1, 0.15) is 22.5 Å². The summed E-state index contributed by atoms with van der Waals surface area (Å²) in [5.74, 6) is 0.0471. The van der Waals surface area contributed by atoms with Crippen LogP contribution in [0.25, 0.3) is 10.3 Å². The van der Waals surface area contributed by atoms with Crippen LogP contribution in [0.5, 0.6) is 0 Å². The highest BCUT2D eigenvalue weighted by Gasteiger charge is 2.21. The number of H-pyrrole nitrogens is 1. The highest BCUT2D eigenvalue weighted by molar-refractivity contribution is 7.16. The fourth-order valence-corrected chi connectivity index (χ4v) is 5.26. The van der Waals surface area contributed by atoms with Crippen molar-refractivity contribution in [2.75, 3.05) is 36.4 Å². The number of piperazine rings is 1. The van der Waals surface area contributed by atoms with Crippen LogP contribution in [0.3, 0.4) is 0 Å². The maximum Gasteiger partial charge on any atom is 0.272 e. The first kappa shape index (κ1) is 20.7. The number of thiophene rings is 1. The van der Waals surface area contributed by atoms with Gasteiger partial charge in [-0.2, -0.15) is 11.3 Å². The van der Waals surface area contributed by atoms with Gasteiger partial charge in [-0.05, 0) is 59.1 Å². The number of aromatic nitrogens is 2. The molecule has 0 spiro atoms. The molecule has 0 bridgehead atoms. The lowest BCUT2D eigenvalue weighted by Crippen LogP contribution is -2.48. The normalized spacial score (nSPS) is 14.1. The minimum absolute atomic E-state index is 0.183. The SMILES string of the molecule is O=C(Nc1ccc(N2CCN(C(=O)CCc3ccsc3)CC2)cc1)c1cc2ncsc2[nH]1. The van der Waals surface area contributed by atoms with E-state index in [1.165, 1.54) is 16.9 Å². The second kappa shape index (κ2) is 9.13. The molecule has 32 heavy (non-hydrogen) atoms. The number of aryl methyl sites for hydroxylation is 1. The summed E-state index contributed by atoms with van der Waals surface area (Å²) < 4.78 is 0. The van der Waals surface area contributed by atoms with E-state index in [0.717, 1.165) is 54.3 Å².